The summed E-state index contributed by atoms with van der Waals surface area (Å²) in [5.74, 6) is -2.63. The molecular weight excluding hydrogens is 508 g/mol. The monoisotopic (exact) mass is 560 g/mol. The maximum atomic E-state index is 11.8. The first-order valence-corrected chi connectivity index (χ1v) is 14.8. The zero-order chi connectivity index (χ0) is 30.3. The number of aliphatic hydroxyl groups excluding tert-OH is 1. The molecule has 2 aliphatic heterocycles. The Kier molecular flexibility index (Phi) is 10.3. The second-order valence-corrected chi connectivity index (χ2v) is 13.2. The second kappa shape index (κ2) is 12.6. The molecule has 0 amide bonds. The highest BCUT2D eigenvalue weighted by atomic mass is 16.7. The van der Waals surface area contributed by atoms with Crippen LogP contribution in [0.15, 0.2) is 24.3 Å². The lowest BCUT2D eigenvalue weighted by atomic mass is 9.77. The summed E-state index contributed by atoms with van der Waals surface area (Å²) >= 11 is 0. The molecule has 0 aliphatic carbocycles. The van der Waals surface area contributed by atoms with Gasteiger partial charge in [-0.3, -0.25) is 4.79 Å². The number of carboxylic acids is 1. The summed E-state index contributed by atoms with van der Waals surface area (Å²) in [4.78, 5) is 11.8. The third-order valence-electron chi connectivity index (χ3n) is 9.11. The molecule has 0 radical (unpaired) electrons. The lowest BCUT2D eigenvalue weighted by molar-refractivity contribution is -0.333. The van der Waals surface area contributed by atoms with E-state index < -0.39 is 36.2 Å². The maximum absolute atomic E-state index is 11.8. The van der Waals surface area contributed by atoms with Crippen molar-refractivity contribution >= 4 is 5.97 Å². The number of hydrogen-bond donors (Lipinski definition) is 2. The van der Waals surface area contributed by atoms with Crippen LogP contribution in [-0.2, 0) is 23.7 Å². The molecule has 2 aliphatic rings. The van der Waals surface area contributed by atoms with Gasteiger partial charge in [0, 0.05) is 23.3 Å². The fourth-order valence-corrected chi connectivity index (χ4v) is 6.84. The molecule has 0 aromatic heterocycles. The van der Waals surface area contributed by atoms with Gasteiger partial charge in [-0.05, 0) is 77.5 Å². The van der Waals surface area contributed by atoms with Crippen LogP contribution >= 0.6 is 0 Å². The SMILES string of the molecule is C=C(C[C@H](C)[C@@H]1OC(C)(C)O[C@H]([C@@H](C)C(=O)O)[C@@H]1C)[C@@H]1OC(c2c(C)cc(C)cc2C)O[C@@H]([C@@H](C)[C@@H](C)O)[C@H]1C. The Bertz CT molecular complexity index is 1040. The molecule has 7 heteroatoms. The average molecular weight is 561 g/mol. The highest BCUT2D eigenvalue weighted by Gasteiger charge is 2.48. The van der Waals surface area contributed by atoms with Crippen LogP contribution < -0.4 is 0 Å². The molecule has 1 unspecified atom stereocenters. The molecule has 0 bridgehead atoms. The van der Waals surface area contributed by atoms with Crippen molar-refractivity contribution in [3.8, 4) is 0 Å². The number of aliphatic hydroxyl groups is 1. The molecule has 0 saturated carbocycles. The third-order valence-corrected chi connectivity index (χ3v) is 9.11. The van der Waals surface area contributed by atoms with Gasteiger partial charge in [0.05, 0.1) is 36.4 Å². The summed E-state index contributed by atoms with van der Waals surface area (Å²) in [7, 11) is 0. The second-order valence-electron chi connectivity index (χ2n) is 13.2. The van der Waals surface area contributed by atoms with Crippen LogP contribution in [0.3, 0.4) is 0 Å². The van der Waals surface area contributed by atoms with Crippen molar-refractivity contribution in [2.24, 2.45) is 29.6 Å². The van der Waals surface area contributed by atoms with Crippen molar-refractivity contribution in [1.82, 2.24) is 0 Å². The van der Waals surface area contributed by atoms with Gasteiger partial charge in [0.15, 0.2) is 12.1 Å². The highest BCUT2D eigenvalue weighted by molar-refractivity contribution is 5.70. The van der Waals surface area contributed by atoms with Gasteiger partial charge in [-0.1, -0.05) is 52.0 Å². The molecule has 2 fully saturated rings. The molecule has 7 nitrogen and oxygen atoms in total. The lowest BCUT2D eigenvalue weighted by Crippen LogP contribution is -2.55. The normalized spacial score (nSPS) is 33.5. The van der Waals surface area contributed by atoms with Gasteiger partial charge in [0.1, 0.15) is 0 Å². The predicted molar refractivity (Wildman–Crippen MR) is 156 cm³/mol. The molecule has 1 aromatic rings. The van der Waals surface area contributed by atoms with Crippen LogP contribution in [0.1, 0.15) is 90.4 Å². The van der Waals surface area contributed by atoms with Crippen molar-refractivity contribution in [2.45, 2.75) is 125 Å². The Morgan fingerprint density at radius 2 is 1.50 bits per heavy atom. The Labute approximate surface area is 241 Å². The Balaban J connectivity index is 1.88. The molecule has 11 atom stereocenters. The van der Waals surface area contributed by atoms with E-state index in [9.17, 15) is 15.0 Å². The third kappa shape index (κ3) is 6.99. The first-order chi connectivity index (χ1) is 18.4. The van der Waals surface area contributed by atoms with E-state index in [1.807, 2.05) is 27.7 Å². The van der Waals surface area contributed by atoms with Crippen molar-refractivity contribution in [2.75, 3.05) is 0 Å². The van der Waals surface area contributed by atoms with Gasteiger partial charge >= 0.3 is 5.97 Å². The summed E-state index contributed by atoms with van der Waals surface area (Å²) in [6, 6.07) is 4.29. The molecule has 3 rings (SSSR count). The number of ether oxygens (including phenoxy) is 4. The zero-order valence-corrected chi connectivity index (χ0v) is 26.4. The van der Waals surface area contributed by atoms with Crippen LogP contribution in [0.5, 0.6) is 0 Å². The first kappa shape index (κ1) is 32.7. The van der Waals surface area contributed by atoms with Crippen LogP contribution in [0.4, 0.5) is 0 Å². The summed E-state index contributed by atoms with van der Waals surface area (Å²) in [5, 5.41) is 20.2. The minimum atomic E-state index is -0.896. The Hall–Kier alpha value is -1.77. The topological polar surface area (TPSA) is 94.5 Å². The van der Waals surface area contributed by atoms with E-state index in [-0.39, 0.29) is 42.0 Å². The molecule has 2 heterocycles. The molecule has 0 spiro atoms. The number of benzene rings is 1. The quantitative estimate of drug-likeness (QED) is 0.333. The highest BCUT2D eigenvalue weighted by Crippen LogP contribution is 2.44. The lowest BCUT2D eigenvalue weighted by Gasteiger charge is -2.49. The van der Waals surface area contributed by atoms with Gasteiger partial charge in [-0.2, -0.15) is 0 Å². The van der Waals surface area contributed by atoms with Gasteiger partial charge in [-0.15, -0.1) is 0 Å². The number of carbonyl (C=O) groups is 1. The van der Waals surface area contributed by atoms with Crippen molar-refractivity contribution in [3.63, 3.8) is 0 Å². The summed E-state index contributed by atoms with van der Waals surface area (Å²) in [5.41, 5.74) is 5.39. The molecule has 40 heavy (non-hydrogen) atoms. The summed E-state index contributed by atoms with van der Waals surface area (Å²) in [6.45, 7) is 26.2. The minimum Gasteiger partial charge on any atom is -0.481 e. The summed E-state index contributed by atoms with van der Waals surface area (Å²) < 4.78 is 25.8. The Morgan fingerprint density at radius 3 is 2.02 bits per heavy atom. The van der Waals surface area contributed by atoms with Crippen LogP contribution in [0, 0.1) is 50.4 Å². The molecular formula is C33H52O7. The van der Waals surface area contributed by atoms with E-state index in [1.165, 1.54) is 5.56 Å². The number of hydrogen-bond acceptors (Lipinski definition) is 6. The van der Waals surface area contributed by atoms with Gasteiger partial charge in [-0.25, -0.2) is 0 Å². The average Bonchev–Trinajstić information content (AvgIpc) is 2.84. The standard InChI is InChI=1S/C33H52O7/c1-16-13-17(2)26(18(3)14-16)32-37-27(22(7)29(38-32)21(6)25(10)34)19(4)15-20(5)28-23(8)30(24(9)31(35)36)40-33(11,12)39-28/h13-14,20-25,27-30,32,34H,4,15H2,1-3,5-12H3,(H,35,36)/t20-,21-,22-,23+,24+,25+,27-,28-,29-,30-,32?/m0/s1. The summed E-state index contributed by atoms with van der Waals surface area (Å²) in [6.07, 6.45) is -1.66. The minimum absolute atomic E-state index is 0.0316. The Morgan fingerprint density at radius 1 is 0.950 bits per heavy atom. The first-order valence-electron chi connectivity index (χ1n) is 14.8. The van der Waals surface area contributed by atoms with Crippen molar-refractivity contribution in [1.29, 1.82) is 0 Å². The fourth-order valence-electron chi connectivity index (χ4n) is 6.84. The fraction of sp³-hybridized carbons (Fsp3) is 0.727. The smallest absolute Gasteiger partial charge is 0.308 e. The number of rotatable bonds is 9. The molecule has 1 aromatic carbocycles. The van der Waals surface area contributed by atoms with E-state index in [4.69, 9.17) is 18.9 Å². The van der Waals surface area contributed by atoms with E-state index in [2.05, 4.69) is 53.3 Å². The van der Waals surface area contributed by atoms with Crippen LogP contribution in [0.25, 0.3) is 0 Å². The van der Waals surface area contributed by atoms with Crippen molar-refractivity contribution < 1.29 is 34.0 Å². The van der Waals surface area contributed by atoms with Crippen LogP contribution in [-0.4, -0.2) is 52.5 Å². The zero-order valence-electron chi connectivity index (χ0n) is 26.4. The van der Waals surface area contributed by atoms with Gasteiger partial charge in [0.2, 0.25) is 0 Å². The predicted octanol–water partition coefficient (Wildman–Crippen LogP) is 6.51. The molecule has 2 saturated heterocycles. The van der Waals surface area contributed by atoms with E-state index in [0.29, 0.717) is 6.42 Å². The van der Waals surface area contributed by atoms with Crippen LogP contribution in [0.2, 0.25) is 0 Å². The maximum Gasteiger partial charge on any atom is 0.308 e. The number of carboxylic acid groups (broad SMARTS) is 1. The van der Waals surface area contributed by atoms with E-state index in [0.717, 1.165) is 22.3 Å². The molecule has 226 valence electrons. The largest absolute Gasteiger partial charge is 0.481 e. The van der Waals surface area contributed by atoms with Crippen molar-refractivity contribution in [3.05, 3.63) is 46.5 Å². The number of aliphatic carboxylic acids is 1. The number of aryl methyl sites for hydroxylation is 3. The van der Waals surface area contributed by atoms with Gasteiger partial charge < -0.3 is 29.2 Å². The van der Waals surface area contributed by atoms with Gasteiger partial charge in [0.25, 0.3) is 0 Å². The van der Waals surface area contributed by atoms with E-state index in [1.54, 1.807) is 13.8 Å². The molecule has 2 N–H and O–H groups in total. The van der Waals surface area contributed by atoms with E-state index >= 15 is 0 Å².